The van der Waals surface area contributed by atoms with Crippen LogP contribution in [0.3, 0.4) is 0 Å². The zero-order valence-electron chi connectivity index (χ0n) is 13.1. The molecule has 0 atom stereocenters. The molecule has 0 aliphatic carbocycles. The van der Waals surface area contributed by atoms with Crippen LogP contribution in [0.1, 0.15) is 23.0 Å². The van der Waals surface area contributed by atoms with Crippen LogP contribution in [0.15, 0.2) is 41.3 Å². The fourth-order valence-corrected chi connectivity index (χ4v) is 2.30. The summed E-state index contributed by atoms with van der Waals surface area (Å²) in [6, 6.07) is 8.08. The van der Waals surface area contributed by atoms with Gasteiger partial charge in [0.05, 0.1) is 0 Å². The van der Waals surface area contributed by atoms with Crippen molar-refractivity contribution in [3.05, 3.63) is 58.1 Å². The summed E-state index contributed by atoms with van der Waals surface area (Å²) in [7, 11) is 0. The molecule has 3 aromatic rings. The fourth-order valence-electron chi connectivity index (χ4n) is 2.30. The van der Waals surface area contributed by atoms with Gasteiger partial charge < -0.3 is 10.6 Å². The largest absolute Gasteiger partial charge is 0.326 e. The number of nitrogens with zero attached hydrogens (tertiary/aromatic N) is 2. The molecule has 0 radical (unpaired) electrons. The van der Waals surface area contributed by atoms with Crippen molar-refractivity contribution in [2.24, 2.45) is 0 Å². The van der Waals surface area contributed by atoms with Crippen LogP contribution in [0.5, 0.6) is 0 Å². The van der Waals surface area contributed by atoms with E-state index in [0.717, 1.165) is 0 Å². The number of amides is 2. The Morgan fingerprint density at radius 3 is 2.38 bits per heavy atom. The summed E-state index contributed by atoms with van der Waals surface area (Å²) in [6.07, 6.45) is 1.43. The fraction of sp³-hybridized carbons (Fsp3) is 0.125. The molecule has 8 nitrogen and oxygen atoms in total. The Morgan fingerprint density at radius 2 is 1.75 bits per heavy atom. The average Bonchev–Trinajstić information content (AvgIpc) is 2.93. The van der Waals surface area contributed by atoms with E-state index in [4.69, 9.17) is 0 Å². The van der Waals surface area contributed by atoms with Gasteiger partial charge in [-0.3, -0.25) is 19.5 Å². The number of anilines is 2. The monoisotopic (exact) mass is 325 g/mol. The third-order valence-electron chi connectivity index (χ3n) is 3.33. The number of carbonyl (C=O) groups is 2. The van der Waals surface area contributed by atoms with E-state index < -0.39 is 5.91 Å². The molecular formula is C16H15N5O3. The Kier molecular flexibility index (Phi) is 3.87. The lowest BCUT2D eigenvalue weighted by atomic mass is 10.2. The number of fused-ring (bicyclic) bond motifs is 1. The maximum Gasteiger partial charge on any atom is 0.272 e. The molecular weight excluding hydrogens is 310 g/mol. The average molecular weight is 325 g/mol. The van der Waals surface area contributed by atoms with Crippen molar-refractivity contribution in [1.82, 2.24) is 14.6 Å². The number of nitrogens with one attached hydrogen (secondary N) is 3. The molecule has 0 aliphatic rings. The Hall–Kier alpha value is -3.42. The maximum absolute atomic E-state index is 12.4. The highest BCUT2D eigenvalue weighted by molar-refractivity contribution is 6.08. The van der Waals surface area contributed by atoms with E-state index in [-0.39, 0.29) is 22.7 Å². The molecule has 2 heterocycles. The minimum Gasteiger partial charge on any atom is -0.326 e. The second-order valence-electron chi connectivity index (χ2n) is 5.29. The van der Waals surface area contributed by atoms with Crippen LogP contribution in [0.2, 0.25) is 0 Å². The molecule has 0 bridgehead atoms. The first-order valence-corrected chi connectivity index (χ1v) is 7.21. The van der Waals surface area contributed by atoms with E-state index in [1.54, 1.807) is 31.2 Å². The van der Waals surface area contributed by atoms with Gasteiger partial charge in [-0.25, -0.2) is 9.50 Å². The molecule has 2 amide bonds. The van der Waals surface area contributed by atoms with Gasteiger partial charge in [-0.15, -0.1) is 0 Å². The maximum atomic E-state index is 12.4. The summed E-state index contributed by atoms with van der Waals surface area (Å²) in [5, 5.41) is 8.09. The second kappa shape index (κ2) is 5.99. The molecule has 0 saturated heterocycles. The van der Waals surface area contributed by atoms with Crippen LogP contribution in [0.4, 0.5) is 11.4 Å². The van der Waals surface area contributed by atoms with Crippen molar-refractivity contribution in [3.8, 4) is 0 Å². The number of aromatic nitrogens is 3. The lowest BCUT2D eigenvalue weighted by molar-refractivity contribution is -0.114. The van der Waals surface area contributed by atoms with E-state index in [9.17, 15) is 14.4 Å². The van der Waals surface area contributed by atoms with Crippen LogP contribution >= 0.6 is 0 Å². The Morgan fingerprint density at radius 1 is 1.12 bits per heavy atom. The number of aromatic amines is 1. The standard InChI is InChI=1S/C16H15N5O3/c1-9-7-14(23)21-15(18-9)13(8-17-21)16(24)20-12-5-3-11(4-6-12)19-10(2)22/h3-8,17H,1-2H3,(H,19,22)(H,20,24). The summed E-state index contributed by atoms with van der Waals surface area (Å²) in [5.41, 5.74) is 1.98. The third-order valence-corrected chi connectivity index (χ3v) is 3.33. The highest BCUT2D eigenvalue weighted by Crippen LogP contribution is 2.15. The summed E-state index contributed by atoms with van der Waals surface area (Å²) in [5.74, 6) is -0.559. The Balaban J connectivity index is 1.85. The summed E-state index contributed by atoms with van der Waals surface area (Å²) in [6.45, 7) is 3.11. The number of carbonyl (C=O) groups excluding carboxylic acids is 2. The van der Waals surface area contributed by atoms with Gasteiger partial charge in [0.2, 0.25) is 5.91 Å². The van der Waals surface area contributed by atoms with E-state index >= 15 is 0 Å². The normalized spacial score (nSPS) is 10.6. The first-order chi connectivity index (χ1) is 11.4. The topological polar surface area (TPSA) is 108 Å². The molecule has 0 spiro atoms. The minimum absolute atomic E-state index is 0.169. The van der Waals surface area contributed by atoms with Gasteiger partial charge >= 0.3 is 0 Å². The van der Waals surface area contributed by atoms with E-state index in [1.165, 1.54) is 23.7 Å². The summed E-state index contributed by atoms with van der Waals surface area (Å²) < 4.78 is 1.21. The van der Waals surface area contributed by atoms with Crippen molar-refractivity contribution in [3.63, 3.8) is 0 Å². The zero-order chi connectivity index (χ0) is 17.3. The van der Waals surface area contributed by atoms with Gasteiger partial charge in [-0.05, 0) is 31.2 Å². The number of benzene rings is 1. The van der Waals surface area contributed by atoms with Gasteiger partial charge in [0.15, 0.2) is 5.65 Å². The van der Waals surface area contributed by atoms with Crippen LogP contribution in [-0.2, 0) is 4.79 Å². The summed E-state index contributed by atoms with van der Waals surface area (Å²) in [4.78, 5) is 39.5. The second-order valence-corrected chi connectivity index (χ2v) is 5.29. The molecule has 122 valence electrons. The number of H-pyrrole nitrogens is 1. The van der Waals surface area contributed by atoms with Gasteiger partial charge in [-0.2, -0.15) is 0 Å². The molecule has 2 aromatic heterocycles. The molecule has 8 heteroatoms. The molecule has 3 rings (SSSR count). The van der Waals surface area contributed by atoms with Gasteiger partial charge in [0.25, 0.3) is 11.5 Å². The van der Waals surface area contributed by atoms with Crippen LogP contribution in [0.25, 0.3) is 5.65 Å². The van der Waals surface area contributed by atoms with Gasteiger partial charge in [0.1, 0.15) is 5.56 Å². The highest BCUT2D eigenvalue weighted by Gasteiger charge is 2.15. The lowest BCUT2D eigenvalue weighted by Gasteiger charge is -2.06. The predicted octanol–water partition coefficient (Wildman–Crippen LogP) is 1.54. The third kappa shape index (κ3) is 3.02. The van der Waals surface area contributed by atoms with Crippen LogP contribution < -0.4 is 16.2 Å². The Bertz CT molecular complexity index is 985. The van der Waals surface area contributed by atoms with Crippen molar-refractivity contribution < 1.29 is 9.59 Å². The van der Waals surface area contributed by atoms with Crippen LogP contribution in [-0.4, -0.2) is 26.4 Å². The quantitative estimate of drug-likeness (QED) is 0.678. The molecule has 24 heavy (non-hydrogen) atoms. The van der Waals surface area contributed by atoms with Crippen molar-refractivity contribution in [2.45, 2.75) is 13.8 Å². The zero-order valence-corrected chi connectivity index (χ0v) is 13.1. The van der Waals surface area contributed by atoms with Crippen molar-refractivity contribution in [2.75, 3.05) is 10.6 Å². The molecule has 0 fully saturated rings. The van der Waals surface area contributed by atoms with Crippen molar-refractivity contribution in [1.29, 1.82) is 0 Å². The first-order valence-electron chi connectivity index (χ1n) is 7.21. The van der Waals surface area contributed by atoms with E-state index in [0.29, 0.717) is 17.1 Å². The molecule has 1 aromatic carbocycles. The predicted molar refractivity (Wildman–Crippen MR) is 89.2 cm³/mol. The number of hydrogen-bond donors (Lipinski definition) is 3. The van der Waals surface area contributed by atoms with Gasteiger partial charge in [-0.1, -0.05) is 0 Å². The minimum atomic E-state index is -0.390. The smallest absolute Gasteiger partial charge is 0.272 e. The number of aryl methyl sites for hydroxylation is 1. The highest BCUT2D eigenvalue weighted by atomic mass is 16.2. The Labute approximate surface area is 136 Å². The SMILES string of the molecule is CC(=O)Nc1ccc(NC(=O)c2c[nH]n3c(=O)cc(C)nc23)cc1. The number of rotatable bonds is 3. The van der Waals surface area contributed by atoms with Crippen LogP contribution in [0, 0.1) is 6.92 Å². The number of hydrogen-bond acceptors (Lipinski definition) is 4. The lowest BCUT2D eigenvalue weighted by Crippen LogP contribution is -2.17. The van der Waals surface area contributed by atoms with E-state index in [1.807, 2.05) is 0 Å². The molecule has 0 unspecified atom stereocenters. The molecule has 3 N–H and O–H groups in total. The first kappa shape index (κ1) is 15.5. The van der Waals surface area contributed by atoms with Crippen molar-refractivity contribution >= 4 is 28.8 Å². The molecule has 0 aliphatic heterocycles. The molecule has 0 saturated carbocycles. The van der Waals surface area contributed by atoms with Gasteiger partial charge in [0, 0.05) is 36.3 Å². The van der Waals surface area contributed by atoms with E-state index in [2.05, 4.69) is 20.7 Å². The summed E-state index contributed by atoms with van der Waals surface area (Å²) >= 11 is 0.